The number of carbonyl (C=O) groups excluding carboxylic acids is 1. The van der Waals surface area contributed by atoms with E-state index in [-0.39, 0.29) is 11.9 Å². The van der Waals surface area contributed by atoms with Crippen molar-refractivity contribution in [3.05, 3.63) is 0 Å². The highest BCUT2D eigenvalue weighted by Crippen LogP contribution is 2.49. The van der Waals surface area contributed by atoms with Crippen LogP contribution < -0.4 is 0 Å². The largest absolute Gasteiger partial charge is 0.392 e. The second kappa shape index (κ2) is 5.60. The Labute approximate surface area is 111 Å². The van der Waals surface area contributed by atoms with Crippen molar-refractivity contribution >= 4 is 5.91 Å². The SMILES string of the molecule is CC(O)CN(C(=O)CC1CC2CCC1C2)C(C)C. The molecule has 2 fully saturated rings. The van der Waals surface area contributed by atoms with Gasteiger partial charge in [0.15, 0.2) is 0 Å². The zero-order valence-corrected chi connectivity index (χ0v) is 11.9. The maximum Gasteiger partial charge on any atom is 0.223 e. The minimum Gasteiger partial charge on any atom is -0.392 e. The third-order valence-electron chi connectivity index (χ3n) is 4.73. The molecule has 0 aromatic heterocycles. The first-order chi connectivity index (χ1) is 8.47. The molecule has 2 saturated carbocycles. The van der Waals surface area contributed by atoms with Crippen LogP contribution in [-0.4, -0.2) is 34.6 Å². The smallest absolute Gasteiger partial charge is 0.223 e. The van der Waals surface area contributed by atoms with Crippen molar-refractivity contribution in [1.29, 1.82) is 0 Å². The molecule has 2 aliphatic carbocycles. The molecule has 0 radical (unpaired) electrons. The molecule has 3 heteroatoms. The van der Waals surface area contributed by atoms with Crippen LogP contribution in [-0.2, 0) is 4.79 Å². The zero-order chi connectivity index (χ0) is 13.3. The molecule has 1 amide bonds. The topological polar surface area (TPSA) is 40.5 Å². The quantitative estimate of drug-likeness (QED) is 0.817. The molecule has 0 heterocycles. The molecule has 3 nitrogen and oxygen atoms in total. The first-order valence-electron chi connectivity index (χ1n) is 7.45. The summed E-state index contributed by atoms with van der Waals surface area (Å²) in [5.74, 6) is 2.56. The van der Waals surface area contributed by atoms with Gasteiger partial charge < -0.3 is 10.0 Å². The van der Waals surface area contributed by atoms with Gasteiger partial charge in [0.1, 0.15) is 0 Å². The summed E-state index contributed by atoms with van der Waals surface area (Å²) in [7, 11) is 0. The molecular weight excluding hydrogens is 226 g/mol. The molecule has 2 aliphatic rings. The van der Waals surface area contributed by atoms with Crippen LogP contribution in [0, 0.1) is 17.8 Å². The van der Waals surface area contributed by atoms with Crippen molar-refractivity contribution in [2.75, 3.05) is 6.54 Å². The number of aliphatic hydroxyl groups excluding tert-OH is 1. The lowest BCUT2D eigenvalue weighted by Gasteiger charge is -2.30. The van der Waals surface area contributed by atoms with Crippen LogP contribution >= 0.6 is 0 Å². The van der Waals surface area contributed by atoms with E-state index in [1.54, 1.807) is 6.92 Å². The van der Waals surface area contributed by atoms with E-state index in [4.69, 9.17) is 0 Å². The van der Waals surface area contributed by atoms with E-state index in [1.807, 2.05) is 18.7 Å². The Kier molecular flexibility index (Phi) is 4.31. The van der Waals surface area contributed by atoms with Crippen LogP contribution in [0.5, 0.6) is 0 Å². The highest BCUT2D eigenvalue weighted by Gasteiger charge is 2.40. The summed E-state index contributed by atoms with van der Waals surface area (Å²) in [6, 6.07) is 0.186. The van der Waals surface area contributed by atoms with Gasteiger partial charge in [0, 0.05) is 19.0 Å². The van der Waals surface area contributed by atoms with Gasteiger partial charge in [-0.2, -0.15) is 0 Å². The fourth-order valence-corrected chi connectivity index (χ4v) is 3.85. The molecule has 18 heavy (non-hydrogen) atoms. The molecule has 4 atom stereocenters. The number of nitrogens with zero attached hydrogens (tertiary/aromatic N) is 1. The number of fused-ring (bicyclic) bond motifs is 2. The van der Waals surface area contributed by atoms with E-state index in [1.165, 1.54) is 25.7 Å². The van der Waals surface area contributed by atoms with Gasteiger partial charge in [0.2, 0.25) is 5.91 Å². The normalized spacial score (nSPS) is 31.9. The molecule has 2 rings (SSSR count). The Hall–Kier alpha value is -0.570. The number of hydrogen-bond acceptors (Lipinski definition) is 2. The molecular formula is C15H27NO2. The zero-order valence-electron chi connectivity index (χ0n) is 11.9. The lowest BCUT2D eigenvalue weighted by atomic mass is 9.86. The van der Waals surface area contributed by atoms with Crippen LogP contribution in [0.2, 0.25) is 0 Å². The second-order valence-electron chi connectivity index (χ2n) is 6.63. The van der Waals surface area contributed by atoms with E-state index in [2.05, 4.69) is 0 Å². The van der Waals surface area contributed by atoms with Crippen molar-refractivity contribution in [3.63, 3.8) is 0 Å². The number of amides is 1. The Morgan fingerprint density at radius 3 is 2.44 bits per heavy atom. The van der Waals surface area contributed by atoms with Crippen LogP contribution in [0.3, 0.4) is 0 Å². The minimum absolute atomic E-state index is 0.186. The summed E-state index contributed by atoms with van der Waals surface area (Å²) in [4.78, 5) is 14.2. The number of aliphatic hydroxyl groups is 1. The first kappa shape index (κ1) is 13.9. The van der Waals surface area contributed by atoms with Gasteiger partial charge in [-0.15, -0.1) is 0 Å². The van der Waals surface area contributed by atoms with Gasteiger partial charge in [-0.1, -0.05) is 6.42 Å². The van der Waals surface area contributed by atoms with Gasteiger partial charge >= 0.3 is 0 Å². The average molecular weight is 253 g/mol. The van der Waals surface area contributed by atoms with Crippen molar-refractivity contribution < 1.29 is 9.90 Å². The molecule has 104 valence electrons. The van der Waals surface area contributed by atoms with E-state index in [0.717, 1.165) is 11.8 Å². The summed E-state index contributed by atoms with van der Waals surface area (Å²) >= 11 is 0. The summed E-state index contributed by atoms with van der Waals surface area (Å²) in [6.45, 7) is 6.28. The molecule has 1 N–H and O–H groups in total. The van der Waals surface area contributed by atoms with Crippen molar-refractivity contribution in [2.24, 2.45) is 17.8 Å². The molecule has 4 unspecified atom stereocenters. The molecule has 0 spiro atoms. The number of rotatable bonds is 5. The van der Waals surface area contributed by atoms with Crippen molar-refractivity contribution in [1.82, 2.24) is 4.90 Å². The van der Waals surface area contributed by atoms with Gasteiger partial charge in [0.25, 0.3) is 0 Å². The minimum atomic E-state index is -0.434. The molecule has 0 saturated heterocycles. The van der Waals surface area contributed by atoms with Crippen molar-refractivity contribution in [2.45, 2.75) is 65.0 Å². The third-order valence-corrected chi connectivity index (χ3v) is 4.73. The van der Waals surface area contributed by atoms with Gasteiger partial charge in [-0.25, -0.2) is 0 Å². The summed E-state index contributed by atoms with van der Waals surface area (Å²) in [5.41, 5.74) is 0. The van der Waals surface area contributed by atoms with Crippen LogP contribution in [0.1, 0.15) is 52.9 Å². The van der Waals surface area contributed by atoms with Crippen LogP contribution in [0.15, 0.2) is 0 Å². The van der Waals surface area contributed by atoms with Crippen LogP contribution in [0.4, 0.5) is 0 Å². The predicted octanol–water partition coefficient (Wildman–Crippen LogP) is 2.43. The maximum atomic E-state index is 12.4. The van der Waals surface area contributed by atoms with E-state index >= 15 is 0 Å². The van der Waals surface area contributed by atoms with E-state index < -0.39 is 6.10 Å². The molecule has 0 aliphatic heterocycles. The highest BCUT2D eigenvalue weighted by atomic mass is 16.3. The monoisotopic (exact) mass is 253 g/mol. The van der Waals surface area contributed by atoms with Gasteiger partial charge in [-0.3, -0.25) is 4.79 Å². The fourth-order valence-electron chi connectivity index (χ4n) is 3.85. The van der Waals surface area contributed by atoms with Crippen LogP contribution in [0.25, 0.3) is 0 Å². The van der Waals surface area contributed by atoms with E-state index in [0.29, 0.717) is 18.9 Å². The molecule has 0 aromatic rings. The Bertz CT molecular complexity index is 301. The highest BCUT2D eigenvalue weighted by molar-refractivity contribution is 5.76. The first-order valence-corrected chi connectivity index (χ1v) is 7.45. The Morgan fingerprint density at radius 2 is 2.00 bits per heavy atom. The third kappa shape index (κ3) is 3.05. The van der Waals surface area contributed by atoms with Gasteiger partial charge in [0.05, 0.1) is 6.10 Å². The standard InChI is InChI=1S/C15H27NO2/c1-10(2)16(9-11(3)17)15(18)8-14-7-12-4-5-13(14)6-12/h10-14,17H,4-9H2,1-3H3. The maximum absolute atomic E-state index is 12.4. The second-order valence-corrected chi connectivity index (χ2v) is 6.63. The Morgan fingerprint density at radius 1 is 1.28 bits per heavy atom. The van der Waals surface area contributed by atoms with Crippen molar-refractivity contribution in [3.8, 4) is 0 Å². The fraction of sp³-hybridized carbons (Fsp3) is 0.933. The number of hydrogen-bond donors (Lipinski definition) is 1. The van der Waals surface area contributed by atoms with E-state index in [9.17, 15) is 9.90 Å². The predicted molar refractivity (Wildman–Crippen MR) is 72.1 cm³/mol. The van der Waals surface area contributed by atoms with Gasteiger partial charge in [-0.05, 0) is 57.8 Å². The summed E-state index contributed by atoms with van der Waals surface area (Å²) < 4.78 is 0. The summed E-state index contributed by atoms with van der Waals surface area (Å²) in [6.07, 6.45) is 5.60. The molecule has 0 aromatic carbocycles. The average Bonchev–Trinajstić information content (AvgIpc) is 2.86. The number of carbonyl (C=O) groups is 1. The molecule has 2 bridgehead atoms. The summed E-state index contributed by atoms with van der Waals surface area (Å²) in [5, 5.41) is 9.49. The Balaban J connectivity index is 1.89. The lowest BCUT2D eigenvalue weighted by Crippen LogP contribution is -2.42. The lowest BCUT2D eigenvalue weighted by molar-refractivity contribution is -0.135.